The molecule has 37 heavy (non-hydrogen) atoms. The van der Waals surface area contributed by atoms with E-state index in [4.69, 9.17) is 0 Å². The zero-order valence-corrected chi connectivity index (χ0v) is 21.0. The number of amides is 5. The van der Waals surface area contributed by atoms with Crippen molar-refractivity contribution < 1.29 is 33.9 Å². The number of imide groups is 2. The average Bonchev–Trinajstić information content (AvgIpc) is 3.11. The van der Waals surface area contributed by atoms with Crippen LogP contribution in [0.15, 0.2) is 18.2 Å². The van der Waals surface area contributed by atoms with Crippen LogP contribution in [0.5, 0.6) is 0 Å². The average molecular weight is 515 g/mol. The summed E-state index contributed by atoms with van der Waals surface area (Å²) in [5.74, 6) is -4.19. The van der Waals surface area contributed by atoms with E-state index in [9.17, 15) is 33.9 Å². The summed E-state index contributed by atoms with van der Waals surface area (Å²) in [5.41, 5.74) is 0.338. The molecule has 2 heterocycles. The van der Waals surface area contributed by atoms with E-state index in [1.165, 1.54) is 25.0 Å². The van der Waals surface area contributed by atoms with Gasteiger partial charge < -0.3 is 15.7 Å². The van der Waals surface area contributed by atoms with E-state index >= 15 is 0 Å². The summed E-state index contributed by atoms with van der Waals surface area (Å²) in [6.45, 7) is 1.84. The minimum Gasteiger partial charge on any atom is -0.480 e. The highest BCUT2D eigenvalue weighted by atomic mass is 16.4. The summed E-state index contributed by atoms with van der Waals surface area (Å²) in [5, 5.41) is 17.0. The van der Waals surface area contributed by atoms with Gasteiger partial charge in [0.05, 0.1) is 17.7 Å². The van der Waals surface area contributed by atoms with Gasteiger partial charge in [0.15, 0.2) is 0 Å². The molecule has 5 amide bonds. The Morgan fingerprint density at radius 1 is 1.05 bits per heavy atom. The molecule has 2 atom stereocenters. The number of piperidine rings is 1. The Kier molecular flexibility index (Phi) is 9.76. The maximum absolute atomic E-state index is 13.1. The van der Waals surface area contributed by atoms with Crippen molar-refractivity contribution in [1.29, 1.82) is 0 Å². The number of nitrogens with one attached hydrogen (secondary N) is 3. The van der Waals surface area contributed by atoms with Crippen molar-refractivity contribution in [2.24, 2.45) is 0 Å². The van der Waals surface area contributed by atoms with Crippen molar-refractivity contribution in [3.63, 3.8) is 0 Å². The summed E-state index contributed by atoms with van der Waals surface area (Å²) in [6.07, 6.45) is 7.64. The van der Waals surface area contributed by atoms with Crippen LogP contribution in [0.2, 0.25) is 0 Å². The lowest BCUT2D eigenvalue weighted by Gasteiger charge is -2.27. The van der Waals surface area contributed by atoms with Crippen molar-refractivity contribution in [3.05, 3.63) is 29.3 Å². The number of hydrogen-bond acceptors (Lipinski definition) is 7. The lowest BCUT2D eigenvalue weighted by molar-refractivity contribution is -0.141. The van der Waals surface area contributed by atoms with Gasteiger partial charge in [-0.2, -0.15) is 0 Å². The van der Waals surface area contributed by atoms with Crippen LogP contribution in [0.3, 0.4) is 0 Å². The number of unbranched alkanes of at least 4 members (excludes halogenated alkanes) is 6. The Morgan fingerprint density at radius 2 is 1.76 bits per heavy atom. The van der Waals surface area contributed by atoms with E-state index in [0.717, 1.165) is 30.6 Å². The van der Waals surface area contributed by atoms with Gasteiger partial charge in [-0.05, 0) is 25.0 Å². The molecule has 0 bridgehead atoms. The van der Waals surface area contributed by atoms with Gasteiger partial charge in [0, 0.05) is 12.1 Å². The molecule has 4 N–H and O–H groups in total. The van der Waals surface area contributed by atoms with Crippen LogP contribution in [0, 0.1) is 0 Å². The first-order valence-corrected chi connectivity index (χ1v) is 12.8. The predicted molar refractivity (Wildman–Crippen MR) is 134 cm³/mol. The second-order valence-corrected chi connectivity index (χ2v) is 9.40. The van der Waals surface area contributed by atoms with Crippen molar-refractivity contribution in [3.8, 4) is 0 Å². The first-order valence-electron chi connectivity index (χ1n) is 12.8. The predicted octanol–water partition coefficient (Wildman–Crippen LogP) is 2.21. The summed E-state index contributed by atoms with van der Waals surface area (Å²) in [6, 6.07) is 2.41. The third kappa shape index (κ3) is 6.93. The molecule has 200 valence electrons. The highest BCUT2D eigenvalue weighted by Crippen LogP contribution is 2.32. The first kappa shape index (κ1) is 27.8. The molecule has 2 aliphatic heterocycles. The van der Waals surface area contributed by atoms with E-state index in [0.29, 0.717) is 12.8 Å². The number of fused-ring (bicyclic) bond motifs is 1. The number of nitrogens with zero attached hydrogens (tertiary/aromatic N) is 1. The number of carbonyl (C=O) groups excluding carboxylic acids is 5. The molecule has 2 aliphatic rings. The number of carboxylic acids is 1. The van der Waals surface area contributed by atoms with Gasteiger partial charge >= 0.3 is 5.97 Å². The fourth-order valence-corrected chi connectivity index (χ4v) is 4.65. The molecule has 1 aromatic rings. The van der Waals surface area contributed by atoms with E-state index in [2.05, 4.69) is 22.9 Å². The highest BCUT2D eigenvalue weighted by Gasteiger charge is 2.45. The molecular formula is C26H34N4O7. The van der Waals surface area contributed by atoms with Crippen LogP contribution in [-0.4, -0.2) is 64.1 Å². The molecule has 0 aromatic heterocycles. The number of benzene rings is 1. The number of carbonyl (C=O) groups is 6. The normalized spacial score (nSPS) is 17.9. The molecule has 0 aliphatic carbocycles. The van der Waals surface area contributed by atoms with Gasteiger partial charge in [0.25, 0.3) is 11.8 Å². The van der Waals surface area contributed by atoms with Gasteiger partial charge in [-0.15, -0.1) is 0 Å². The minimum absolute atomic E-state index is 0.0126. The molecule has 0 radical (unpaired) electrons. The number of hydrogen-bond donors (Lipinski definition) is 4. The van der Waals surface area contributed by atoms with E-state index in [-0.39, 0.29) is 36.2 Å². The smallest absolute Gasteiger partial charge is 0.326 e. The zero-order valence-electron chi connectivity index (χ0n) is 21.0. The first-order chi connectivity index (χ1) is 17.7. The van der Waals surface area contributed by atoms with Crippen LogP contribution in [-0.2, 0) is 19.2 Å². The van der Waals surface area contributed by atoms with Gasteiger partial charge in [0.2, 0.25) is 17.7 Å². The topological polar surface area (TPSA) is 162 Å². The number of rotatable bonds is 14. The monoisotopic (exact) mass is 514 g/mol. The Bertz CT molecular complexity index is 1070. The molecule has 11 nitrogen and oxygen atoms in total. The van der Waals surface area contributed by atoms with Gasteiger partial charge in [0.1, 0.15) is 12.1 Å². The summed E-state index contributed by atoms with van der Waals surface area (Å²) in [7, 11) is 0. The second-order valence-electron chi connectivity index (χ2n) is 9.40. The molecule has 2 unspecified atom stereocenters. The third-order valence-corrected chi connectivity index (χ3v) is 6.64. The summed E-state index contributed by atoms with van der Waals surface area (Å²) in [4.78, 5) is 74.7. The molecule has 1 fully saturated rings. The molecule has 0 spiro atoms. The van der Waals surface area contributed by atoms with Crippen molar-refractivity contribution in [2.75, 3.05) is 11.9 Å². The maximum atomic E-state index is 13.1. The Hall–Kier alpha value is -3.76. The quantitative estimate of drug-likeness (QED) is 0.217. The van der Waals surface area contributed by atoms with Gasteiger partial charge in [-0.25, -0.2) is 4.79 Å². The maximum Gasteiger partial charge on any atom is 0.326 e. The fourth-order valence-electron chi connectivity index (χ4n) is 4.65. The van der Waals surface area contributed by atoms with Gasteiger partial charge in [-0.1, -0.05) is 57.9 Å². The van der Waals surface area contributed by atoms with E-state index in [1.54, 1.807) is 6.07 Å². The molecule has 3 rings (SSSR count). The van der Waals surface area contributed by atoms with Gasteiger partial charge in [-0.3, -0.25) is 34.2 Å². The van der Waals surface area contributed by atoms with E-state index < -0.39 is 47.6 Å². The van der Waals surface area contributed by atoms with E-state index in [1.807, 2.05) is 0 Å². The zero-order chi connectivity index (χ0) is 26.9. The third-order valence-electron chi connectivity index (χ3n) is 6.64. The van der Waals surface area contributed by atoms with Crippen molar-refractivity contribution in [1.82, 2.24) is 15.5 Å². The molecule has 11 heteroatoms. The number of anilines is 1. The summed E-state index contributed by atoms with van der Waals surface area (Å²) < 4.78 is 0. The number of aliphatic carboxylic acids is 1. The lowest BCUT2D eigenvalue weighted by Crippen LogP contribution is -2.54. The van der Waals surface area contributed by atoms with Crippen LogP contribution in [0.4, 0.5) is 5.69 Å². The van der Waals surface area contributed by atoms with Crippen LogP contribution in [0.1, 0.15) is 91.8 Å². The van der Waals surface area contributed by atoms with Crippen molar-refractivity contribution >= 4 is 41.2 Å². The lowest BCUT2D eigenvalue weighted by atomic mass is 10.0. The molecule has 1 aromatic carbocycles. The molecule has 1 saturated heterocycles. The SMILES string of the molecule is CCCCCCCCCC(NC(=O)CNc1cccc2c1C(=O)N(C1CCC(=O)NC1=O)C2=O)C(=O)O. The summed E-state index contributed by atoms with van der Waals surface area (Å²) >= 11 is 0. The fraction of sp³-hybridized carbons (Fsp3) is 0.538. The Morgan fingerprint density at radius 3 is 2.43 bits per heavy atom. The minimum atomic E-state index is -1.11. The standard InChI is InChI=1S/C26H34N4O7/c1-2-3-4-5-6-7-8-11-18(26(36)37)28-21(32)15-27-17-12-9-10-16-22(17)25(35)30(24(16)34)19-13-14-20(31)29-23(19)33/h9-10,12,18-19,27H,2-8,11,13-15H2,1H3,(H,28,32)(H,36,37)(H,29,31,33). The second kappa shape index (κ2) is 13.0. The highest BCUT2D eigenvalue weighted by molar-refractivity contribution is 6.25. The van der Waals surface area contributed by atoms with Crippen LogP contribution in [0.25, 0.3) is 0 Å². The van der Waals surface area contributed by atoms with Crippen LogP contribution >= 0.6 is 0 Å². The van der Waals surface area contributed by atoms with Crippen LogP contribution < -0.4 is 16.0 Å². The Labute approximate surface area is 215 Å². The van der Waals surface area contributed by atoms with Crippen molar-refractivity contribution in [2.45, 2.75) is 83.2 Å². The largest absolute Gasteiger partial charge is 0.480 e. The molecule has 0 saturated carbocycles. The number of carboxylic acid groups (broad SMARTS) is 1. The Balaban J connectivity index is 1.57. The molecular weight excluding hydrogens is 480 g/mol.